The zero-order valence-corrected chi connectivity index (χ0v) is 15.9. The van der Waals surface area contributed by atoms with Gasteiger partial charge >= 0.3 is 5.97 Å². The topological polar surface area (TPSA) is 99.5 Å². The van der Waals surface area contributed by atoms with Crippen LogP contribution in [0.3, 0.4) is 0 Å². The molecular weight excluding hydrogens is 346 g/mol. The van der Waals surface area contributed by atoms with E-state index in [0.29, 0.717) is 11.5 Å². The molecular formula is C19H27N5O3. The molecule has 3 rings (SSSR count). The van der Waals surface area contributed by atoms with Gasteiger partial charge in [0.05, 0.1) is 17.5 Å². The number of carboxylic acid groups (broad SMARTS) is 1. The van der Waals surface area contributed by atoms with Gasteiger partial charge in [0.25, 0.3) is 5.91 Å². The zero-order valence-electron chi connectivity index (χ0n) is 15.9. The van der Waals surface area contributed by atoms with Crippen LogP contribution in [0.1, 0.15) is 29.6 Å². The molecule has 0 aliphatic carbocycles. The summed E-state index contributed by atoms with van der Waals surface area (Å²) in [6.45, 7) is 3.21. The summed E-state index contributed by atoms with van der Waals surface area (Å²) in [4.78, 5) is 29.7. The first-order chi connectivity index (χ1) is 13.0. The van der Waals surface area contributed by atoms with Gasteiger partial charge in [-0.05, 0) is 50.0 Å². The molecule has 1 aliphatic rings. The maximum Gasteiger partial charge on any atom is 0.305 e. The third-order valence-electron chi connectivity index (χ3n) is 5.08. The van der Waals surface area contributed by atoms with Gasteiger partial charge in [-0.2, -0.15) is 0 Å². The van der Waals surface area contributed by atoms with E-state index < -0.39 is 5.97 Å². The zero-order chi connectivity index (χ0) is 19.4. The molecule has 0 bridgehead atoms. The first-order valence-electron chi connectivity index (χ1n) is 9.34. The number of imidazole rings is 1. The highest BCUT2D eigenvalue weighted by atomic mass is 16.4. The summed E-state index contributed by atoms with van der Waals surface area (Å²) in [5.74, 6) is 0.323. The third kappa shape index (κ3) is 4.57. The van der Waals surface area contributed by atoms with Crippen LogP contribution in [0.15, 0.2) is 18.2 Å². The van der Waals surface area contributed by atoms with Crippen molar-refractivity contribution < 1.29 is 14.7 Å². The second-order valence-electron chi connectivity index (χ2n) is 7.15. The normalized spacial score (nSPS) is 15.0. The molecule has 1 fully saturated rings. The number of carboxylic acids is 1. The van der Waals surface area contributed by atoms with Crippen LogP contribution in [-0.2, 0) is 11.8 Å². The Morgan fingerprint density at radius 2 is 2.11 bits per heavy atom. The largest absolute Gasteiger partial charge is 0.481 e. The minimum absolute atomic E-state index is 0.0940. The molecule has 1 amide bonds. The van der Waals surface area contributed by atoms with E-state index in [1.54, 1.807) is 12.1 Å². The van der Waals surface area contributed by atoms with E-state index in [2.05, 4.69) is 22.6 Å². The molecule has 8 nitrogen and oxygen atoms in total. The Labute approximate surface area is 158 Å². The van der Waals surface area contributed by atoms with Gasteiger partial charge < -0.3 is 25.2 Å². The van der Waals surface area contributed by atoms with E-state index in [0.717, 1.165) is 36.6 Å². The Morgan fingerprint density at radius 1 is 1.37 bits per heavy atom. The van der Waals surface area contributed by atoms with Crippen LogP contribution >= 0.6 is 0 Å². The van der Waals surface area contributed by atoms with Crippen LogP contribution in [0.5, 0.6) is 0 Å². The molecule has 1 aromatic carbocycles. The predicted molar refractivity (Wildman–Crippen MR) is 104 cm³/mol. The lowest BCUT2D eigenvalue weighted by Gasteiger charge is -2.28. The molecule has 0 atom stereocenters. The van der Waals surface area contributed by atoms with Gasteiger partial charge in [-0.15, -0.1) is 0 Å². The summed E-state index contributed by atoms with van der Waals surface area (Å²) in [5.41, 5.74) is 2.21. The maximum absolute atomic E-state index is 12.2. The van der Waals surface area contributed by atoms with Gasteiger partial charge in [-0.25, -0.2) is 4.98 Å². The lowest BCUT2D eigenvalue weighted by Crippen LogP contribution is -2.35. The Kier molecular flexibility index (Phi) is 5.95. The number of rotatable bonds is 7. The molecule has 0 saturated carbocycles. The molecule has 146 valence electrons. The van der Waals surface area contributed by atoms with Crippen molar-refractivity contribution in [3.8, 4) is 0 Å². The van der Waals surface area contributed by atoms with Crippen molar-refractivity contribution in [3.05, 3.63) is 23.8 Å². The number of amides is 1. The van der Waals surface area contributed by atoms with Crippen LogP contribution in [0, 0.1) is 5.92 Å². The number of hydrogen-bond donors (Lipinski definition) is 3. The van der Waals surface area contributed by atoms with Gasteiger partial charge in [0.2, 0.25) is 5.95 Å². The van der Waals surface area contributed by atoms with Crippen molar-refractivity contribution in [2.45, 2.75) is 19.3 Å². The van der Waals surface area contributed by atoms with E-state index in [-0.39, 0.29) is 18.9 Å². The summed E-state index contributed by atoms with van der Waals surface area (Å²) >= 11 is 0. The molecule has 0 spiro atoms. The SMILES string of the molecule is CN(CC1CCNCC1)c1nc2cc(C(=O)NCCC(=O)O)ccc2n1C. The van der Waals surface area contributed by atoms with Gasteiger partial charge in [0.15, 0.2) is 0 Å². The number of fused-ring (bicyclic) bond motifs is 1. The van der Waals surface area contributed by atoms with E-state index >= 15 is 0 Å². The number of aromatic nitrogens is 2. The van der Waals surface area contributed by atoms with E-state index in [1.807, 2.05) is 17.7 Å². The number of carbonyl (C=O) groups is 2. The van der Waals surface area contributed by atoms with Crippen molar-refractivity contribution in [1.82, 2.24) is 20.2 Å². The first-order valence-corrected chi connectivity index (χ1v) is 9.34. The summed E-state index contributed by atoms with van der Waals surface area (Å²) in [6, 6.07) is 5.39. The second kappa shape index (κ2) is 8.39. The summed E-state index contributed by atoms with van der Waals surface area (Å²) in [5, 5.41) is 14.7. The number of carbonyl (C=O) groups excluding carboxylic acids is 1. The van der Waals surface area contributed by atoms with Gasteiger partial charge in [0, 0.05) is 32.7 Å². The van der Waals surface area contributed by atoms with Gasteiger partial charge in [-0.1, -0.05) is 0 Å². The summed E-state index contributed by atoms with van der Waals surface area (Å²) < 4.78 is 2.04. The van der Waals surface area contributed by atoms with Crippen molar-refractivity contribution in [1.29, 1.82) is 0 Å². The van der Waals surface area contributed by atoms with Crippen molar-refractivity contribution >= 4 is 28.9 Å². The Bertz CT molecular complexity index is 826. The number of benzene rings is 1. The molecule has 8 heteroatoms. The fourth-order valence-electron chi connectivity index (χ4n) is 3.59. The average molecular weight is 373 g/mol. The smallest absolute Gasteiger partial charge is 0.305 e. The fourth-order valence-corrected chi connectivity index (χ4v) is 3.59. The van der Waals surface area contributed by atoms with Crippen LogP contribution in [0.25, 0.3) is 11.0 Å². The molecule has 1 aliphatic heterocycles. The monoisotopic (exact) mass is 373 g/mol. The highest BCUT2D eigenvalue weighted by Crippen LogP contribution is 2.23. The molecule has 2 heterocycles. The van der Waals surface area contributed by atoms with E-state index in [1.165, 1.54) is 12.8 Å². The minimum atomic E-state index is -0.933. The van der Waals surface area contributed by atoms with E-state index in [4.69, 9.17) is 10.1 Å². The highest BCUT2D eigenvalue weighted by Gasteiger charge is 2.19. The van der Waals surface area contributed by atoms with Crippen molar-refractivity contribution in [2.24, 2.45) is 13.0 Å². The standard InChI is InChI=1S/C19H27N5O3/c1-23(12-13-5-8-20-9-6-13)19-22-15-11-14(3-4-16(15)24(19)2)18(27)21-10-7-17(25)26/h3-4,11,13,20H,5-10,12H2,1-2H3,(H,21,27)(H,25,26). The van der Waals surface area contributed by atoms with Crippen LogP contribution in [-0.4, -0.2) is 59.8 Å². The Hall–Kier alpha value is -2.61. The highest BCUT2D eigenvalue weighted by molar-refractivity contribution is 5.97. The maximum atomic E-state index is 12.2. The lowest BCUT2D eigenvalue weighted by molar-refractivity contribution is -0.136. The first kappa shape index (κ1) is 19.2. The quantitative estimate of drug-likeness (QED) is 0.675. The minimum Gasteiger partial charge on any atom is -0.481 e. The second-order valence-corrected chi connectivity index (χ2v) is 7.15. The number of aryl methyl sites for hydroxylation is 1. The number of hydrogen-bond acceptors (Lipinski definition) is 5. The number of nitrogens with zero attached hydrogens (tertiary/aromatic N) is 3. The molecule has 1 saturated heterocycles. The molecule has 0 unspecified atom stereocenters. The van der Waals surface area contributed by atoms with Gasteiger partial charge in [-0.3, -0.25) is 9.59 Å². The lowest BCUT2D eigenvalue weighted by atomic mass is 9.98. The molecule has 0 radical (unpaired) electrons. The summed E-state index contributed by atoms with van der Waals surface area (Å²) in [7, 11) is 4.04. The molecule has 2 aromatic rings. The van der Waals surface area contributed by atoms with Crippen LogP contribution in [0.4, 0.5) is 5.95 Å². The average Bonchev–Trinajstić information content (AvgIpc) is 2.98. The fraction of sp³-hybridized carbons (Fsp3) is 0.526. The Morgan fingerprint density at radius 3 is 2.81 bits per heavy atom. The van der Waals surface area contributed by atoms with E-state index in [9.17, 15) is 9.59 Å². The third-order valence-corrected chi connectivity index (χ3v) is 5.08. The molecule has 3 N–H and O–H groups in total. The number of nitrogens with one attached hydrogen (secondary N) is 2. The van der Waals surface area contributed by atoms with Gasteiger partial charge in [0.1, 0.15) is 0 Å². The van der Waals surface area contributed by atoms with Crippen LogP contribution < -0.4 is 15.5 Å². The van der Waals surface area contributed by atoms with Crippen LogP contribution in [0.2, 0.25) is 0 Å². The Balaban J connectivity index is 1.73. The molecule has 1 aromatic heterocycles. The van der Waals surface area contributed by atoms with Crippen molar-refractivity contribution in [2.75, 3.05) is 38.1 Å². The predicted octanol–water partition coefficient (Wildman–Crippen LogP) is 1.21. The summed E-state index contributed by atoms with van der Waals surface area (Å²) in [6.07, 6.45) is 2.26. The molecule has 27 heavy (non-hydrogen) atoms. The number of anilines is 1. The van der Waals surface area contributed by atoms with Crippen molar-refractivity contribution in [3.63, 3.8) is 0 Å². The number of aliphatic carboxylic acids is 1. The number of piperidine rings is 1.